The number of hydrogen-bond acceptors (Lipinski definition) is 1. The maximum Gasteiger partial charge on any atom is 0.0124 e. The lowest BCUT2D eigenvalue weighted by molar-refractivity contribution is 0.233. The summed E-state index contributed by atoms with van der Waals surface area (Å²) in [6.45, 7) is 5.92. The van der Waals surface area contributed by atoms with Crippen molar-refractivity contribution in [1.82, 2.24) is 5.32 Å². The molecule has 0 spiro atoms. The van der Waals surface area contributed by atoms with Gasteiger partial charge in [0.25, 0.3) is 0 Å². The van der Waals surface area contributed by atoms with E-state index in [0.717, 1.165) is 23.8 Å². The minimum atomic E-state index is 0.842. The lowest BCUT2D eigenvalue weighted by Crippen LogP contribution is -2.42. The molecule has 0 saturated heterocycles. The topological polar surface area (TPSA) is 12.0 Å². The van der Waals surface area contributed by atoms with Gasteiger partial charge in [-0.1, -0.05) is 52.4 Å². The van der Waals surface area contributed by atoms with Crippen LogP contribution in [0.4, 0.5) is 0 Å². The van der Waals surface area contributed by atoms with E-state index >= 15 is 0 Å². The van der Waals surface area contributed by atoms with Crippen LogP contribution >= 0.6 is 0 Å². The van der Waals surface area contributed by atoms with Gasteiger partial charge in [0.1, 0.15) is 0 Å². The van der Waals surface area contributed by atoms with Gasteiger partial charge in [0.2, 0.25) is 0 Å². The molecule has 112 valence electrons. The van der Waals surface area contributed by atoms with E-state index in [-0.39, 0.29) is 0 Å². The summed E-state index contributed by atoms with van der Waals surface area (Å²) in [6.07, 6.45) is 16.1. The van der Waals surface area contributed by atoms with E-state index in [2.05, 4.69) is 19.2 Å². The summed E-state index contributed by atoms with van der Waals surface area (Å²) in [5.41, 5.74) is 0. The summed E-state index contributed by atoms with van der Waals surface area (Å²) in [7, 11) is 0. The predicted molar refractivity (Wildman–Crippen MR) is 84.4 cm³/mol. The molecule has 19 heavy (non-hydrogen) atoms. The number of nitrogens with one attached hydrogen (secondary N) is 1. The van der Waals surface area contributed by atoms with Crippen LogP contribution in [0.3, 0.4) is 0 Å². The minimum absolute atomic E-state index is 0.842. The van der Waals surface area contributed by atoms with E-state index in [4.69, 9.17) is 0 Å². The summed E-state index contributed by atoms with van der Waals surface area (Å²) in [4.78, 5) is 0. The van der Waals surface area contributed by atoms with Gasteiger partial charge in [-0.2, -0.15) is 0 Å². The molecular weight excluding hydrogens is 230 g/mol. The first-order valence-electron chi connectivity index (χ1n) is 9.08. The third-order valence-electron chi connectivity index (χ3n) is 5.70. The van der Waals surface area contributed by atoms with Crippen LogP contribution in [-0.2, 0) is 0 Å². The summed E-state index contributed by atoms with van der Waals surface area (Å²) < 4.78 is 0. The van der Waals surface area contributed by atoms with Crippen LogP contribution in [0.2, 0.25) is 0 Å². The highest BCUT2D eigenvalue weighted by molar-refractivity contribution is 4.89. The Morgan fingerprint density at radius 3 is 2.21 bits per heavy atom. The first-order chi connectivity index (χ1) is 9.35. The quantitative estimate of drug-likeness (QED) is 0.655. The van der Waals surface area contributed by atoms with Crippen molar-refractivity contribution in [2.24, 2.45) is 17.8 Å². The Morgan fingerprint density at radius 2 is 1.63 bits per heavy atom. The Kier molecular flexibility index (Phi) is 6.70. The molecule has 1 nitrogen and oxygen atoms in total. The van der Waals surface area contributed by atoms with E-state index in [1.807, 2.05) is 0 Å². The van der Waals surface area contributed by atoms with Crippen molar-refractivity contribution in [3.05, 3.63) is 0 Å². The number of rotatable bonds is 6. The number of hydrogen-bond donors (Lipinski definition) is 1. The average Bonchev–Trinajstić information content (AvgIpc) is 2.74. The van der Waals surface area contributed by atoms with Gasteiger partial charge in [0.15, 0.2) is 0 Å². The van der Waals surface area contributed by atoms with Gasteiger partial charge in [-0.3, -0.25) is 0 Å². The zero-order chi connectivity index (χ0) is 13.5. The molecule has 1 N–H and O–H groups in total. The van der Waals surface area contributed by atoms with Crippen LogP contribution in [0.15, 0.2) is 0 Å². The molecular formula is C18H35N. The molecule has 0 aromatic rings. The van der Waals surface area contributed by atoms with E-state index in [0.29, 0.717) is 0 Å². The third kappa shape index (κ3) is 4.48. The molecule has 2 aliphatic rings. The highest BCUT2D eigenvalue weighted by atomic mass is 14.9. The first-order valence-corrected chi connectivity index (χ1v) is 9.08. The molecule has 0 amide bonds. The van der Waals surface area contributed by atoms with Crippen molar-refractivity contribution in [1.29, 1.82) is 0 Å². The highest BCUT2D eigenvalue weighted by Gasteiger charge is 2.34. The van der Waals surface area contributed by atoms with E-state index in [1.165, 1.54) is 77.2 Å². The highest BCUT2D eigenvalue weighted by Crippen LogP contribution is 2.39. The monoisotopic (exact) mass is 265 g/mol. The van der Waals surface area contributed by atoms with Crippen molar-refractivity contribution in [2.75, 3.05) is 6.54 Å². The van der Waals surface area contributed by atoms with Gasteiger partial charge < -0.3 is 5.32 Å². The van der Waals surface area contributed by atoms with Gasteiger partial charge >= 0.3 is 0 Å². The Hall–Kier alpha value is -0.0400. The zero-order valence-corrected chi connectivity index (χ0v) is 13.3. The lowest BCUT2D eigenvalue weighted by atomic mass is 9.82. The van der Waals surface area contributed by atoms with Crippen LogP contribution in [0.1, 0.15) is 84.5 Å². The molecule has 3 unspecified atom stereocenters. The maximum absolute atomic E-state index is 3.95. The Labute approximate surface area is 120 Å². The Bertz CT molecular complexity index is 230. The van der Waals surface area contributed by atoms with Gasteiger partial charge in [-0.05, 0) is 56.4 Å². The van der Waals surface area contributed by atoms with Crippen LogP contribution in [0.5, 0.6) is 0 Å². The van der Waals surface area contributed by atoms with Crippen molar-refractivity contribution < 1.29 is 0 Å². The summed E-state index contributed by atoms with van der Waals surface area (Å²) >= 11 is 0. The molecule has 2 rings (SSSR count). The molecule has 0 bridgehead atoms. The second kappa shape index (κ2) is 8.29. The maximum atomic E-state index is 3.95. The largest absolute Gasteiger partial charge is 0.313 e. The molecule has 2 aliphatic carbocycles. The van der Waals surface area contributed by atoms with Crippen LogP contribution in [-0.4, -0.2) is 12.6 Å². The summed E-state index contributed by atoms with van der Waals surface area (Å²) in [5, 5.41) is 3.95. The molecule has 0 radical (unpaired) electrons. The predicted octanol–water partition coefficient (Wildman–Crippen LogP) is 5.15. The molecule has 2 saturated carbocycles. The second-order valence-corrected chi connectivity index (χ2v) is 7.08. The fourth-order valence-electron chi connectivity index (χ4n) is 4.51. The van der Waals surface area contributed by atoms with Crippen molar-refractivity contribution in [3.8, 4) is 0 Å². The van der Waals surface area contributed by atoms with Crippen LogP contribution < -0.4 is 5.32 Å². The molecule has 0 aromatic heterocycles. The third-order valence-corrected chi connectivity index (χ3v) is 5.70. The second-order valence-electron chi connectivity index (χ2n) is 7.08. The van der Waals surface area contributed by atoms with Gasteiger partial charge in [0, 0.05) is 6.04 Å². The fraction of sp³-hybridized carbons (Fsp3) is 1.00. The van der Waals surface area contributed by atoms with Gasteiger partial charge in [-0.25, -0.2) is 0 Å². The van der Waals surface area contributed by atoms with Crippen molar-refractivity contribution in [3.63, 3.8) is 0 Å². The van der Waals surface area contributed by atoms with Crippen molar-refractivity contribution in [2.45, 2.75) is 90.5 Å². The van der Waals surface area contributed by atoms with Crippen LogP contribution in [0, 0.1) is 17.8 Å². The van der Waals surface area contributed by atoms with Gasteiger partial charge in [-0.15, -0.1) is 0 Å². The zero-order valence-electron chi connectivity index (χ0n) is 13.3. The molecule has 3 atom stereocenters. The molecule has 0 aromatic carbocycles. The normalized spacial score (nSPS) is 31.3. The lowest BCUT2D eigenvalue weighted by Gasteiger charge is -2.32. The molecule has 0 heterocycles. The minimum Gasteiger partial charge on any atom is -0.313 e. The molecule has 1 heteroatoms. The molecule has 2 fully saturated rings. The Morgan fingerprint density at radius 1 is 0.895 bits per heavy atom. The van der Waals surface area contributed by atoms with E-state index < -0.39 is 0 Å². The first kappa shape index (κ1) is 15.4. The van der Waals surface area contributed by atoms with Crippen LogP contribution in [0.25, 0.3) is 0 Å². The average molecular weight is 265 g/mol. The fourth-order valence-corrected chi connectivity index (χ4v) is 4.51. The standard InChI is InChI=1S/C18H35N/c1-3-13-19-18(16-9-7-5-6-8-10-16)17-12-11-15(4-2)14-17/h15-19H,3-14H2,1-2H3. The van der Waals surface area contributed by atoms with Crippen molar-refractivity contribution >= 4 is 0 Å². The summed E-state index contributed by atoms with van der Waals surface area (Å²) in [6, 6.07) is 0.842. The Balaban J connectivity index is 1.93. The van der Waals surface area contributed by atoms with E-state index in [9.17, 15) is 0 Å². The smallest absolute Gasteiger partial charge is 0.0124 e. The SMILES string of the molecule is CCCNC(C1CCCCCC1)C1CCC(CC)C1. The molecule has 0 aliphatic heterocycles. The van der Waals surface area contributed by atoms with Gasteiger partial charge in [0.05, 0.1) is 0 Å². The van der Waals surface area contributed by atoms with E-state index in [1.54, 1.807) is 0 Å². The summed E-state index contributed by atoms with van der Waals surface area (Å²) in [5.74, 6) is 3.00.